The number of hydrogen-bond donors (Lipinski definition) is 0. The van der Waals surface area contributed by atoms with E-state index in [1.165, 1.54) is 54.8 Å². The zero-order valence-electron chi connectivity index (χ0n) is 17.4. The van der Waals surface area contributed by atoms with Crippen molar-refractivity contribution in [1.29, 1.82) is 0 Å². The van der Waals surface area contributed by atoms with Crippen molar-refractivity contribution in [3.63, 3.8) is 0 Å². The van der Waals surface area contributed by atoms with Crippen LogP contribution in [0.4, 0.5) is 0 Å². The predicted molar refractivity (Wildman–Crippen MR) is 125 cm³/mol. The fourth-order valence-electron chi connectivity index (χ4n) is 4.88. The number of pyridine rings is 1. The molecular formula is C28H22NO+. The van der Waals surface area contributed by atoms with Crippen molar-refractivity contribution >= 4 is 43.6 Å². The second-order valence-corrected chi connectivity index (χ2v) is 8.18. The van der Waals surface area contributed by atoms with Crippen LogP contribution in [0, 0.1) is 13.8 Å². The SMILES string of the molecule is Cc1ccc2c(oc3ccc4ccccc4c32)c1-c1cc(C)c2ccccc2[n+]1C. The second-order valence-electron chi connectivity index (χ2n) is 8.18. The van der Waals surface area contributed by atoms with E-state index >= 15 is 0 Å². The summed E-state index contributed by atoms with van der Waals surface area (Å²) in [7, 11) is 2.15. The molecule has 144 valence electrons. The Morgan fingerprint density at radius 3 is 2.33 bits per heavy atom. The Morgan fingerprint density at radius 1 is 0.700 bits per heavy atom. The first kappa shape index (κ1) is 17.2. The molecule has 0 amide bonds. The number of nitrogens with zero attached hydrogens (tertiary/aromatic N) is 1. The fourth-order valence-corrected chi connectivity index (χ4v) is 4.88. The van der Waals surface area contributed by atoms with Gasteiger partial charge in [0.25, 0.3) is 0 Å². The molecule has 0 atom stereocenters. The third-order valence-electron chi connectivity index (χ3n) is 6.40. The average molecular weight is 388 g/mol. The quantitative estimate of drug-likeness (QED) is 0.277. The molecule has 0 aliphatic carbocycles. The molecule has 2 nitrogen and oxygen atoms in total. The third-order valence-corrected chi connectivity index (χ3v) is 6.40. The van der Waals surface area contributed by atoms with Crippen molar-refractivity contribution < 1.29 is 8.98 Å². The number of fused-ring (bicyclic) bond motifs is 6. The van der Waals surface area contributed by atoms with Gasteiger partial charge in [0.1, 0.15) is 18.2 Å². The molecule has 0 aliphatic rings. The molecular weight excluding hydrogens is 366 g/mol. The highest BCUT2D eigenvalue weighted by Crippen LogP contribution is 2.40. The molecule has 6 aromatic rings. The van der Waals surface area contributed by atoms with Gasteiger partial charge in [-0.15, -0.1) is 0 Å². The van der Waals surface area contributed by atoms with Gasteiger partial charge in [-0.05, 0) is 47.9 Å². The topological polar surface area (TPSA) is 17.0 Å². The molecule has 0 saturated heterocycles. The van der Waals surface area contributed by atoms with E-state index in [4.69, 9.17) is 4.42 Å². The molecule has 2 aromatic heterocycles. The van der Waals surface area contributed by atoms with Crippen LogP contribution in [0.5, 0.6) is 0 Å². The first-order valence-corrected chi connectivity index (χ1v) is 10.4. The predicted octanol–water partition coefficient (Wildman–Crippen LogP) is 7.00. The van der Waals surface area contributed by atoms with E-state index < -0.39 is 0 Å². The van der Waals surface area contributed by atoms with Gasteiger partial charge >= 0.3 is 0 Å². The molecule has 0 spiro atoms. The zero-order valence-corrected chi connectivity index (χ0v) is 17.4. The molecule has 0 N–H and O–H groups in total. The highest BCUT2D eigenvalue weighted by atomic mass is 16.3. The van der Waals surface area contributed by atoms with Crippen LogP contribution in [-0.2, 0) is 7.05 Å². The van der Waals surface area contributed by atoms with Crippen molar-refractivity contribution in [3.8, 4) is 11.3 Å². The average Bonchev–Trinajstić information content (AvgIpc) is 3.15. The second kappa shape index (κ2) is 6.17. The first-order valence-electron chi connectivity index (χ1n) is 10.4. The molecule has 0 fully saturated rings. The van der Waals surface area contributed by atoms with Crippen LogP contribution in [0.15, 0.2) is 83.3 Å². The normalized spacial score (nSPS) is 11.8. The summed E-state index contributed by atoms with van der Waals surface area (Å²) in [5.74, 6) is 0. The summed E-state index contributed by atoms with van der Waals surface area (Å²) in [6.07, 6.45) is 0. The minimum atomic E-state index is 0.940. The first-order chi connectivity index (χ1) is 14.6. The Labute approximate surface area is 175 Å². The number of para-hydroxylation sites is 1. The van der Waals surface area contributed by atoms with Gasteiger partial charge in [0.2, 0.25) is 11.2 Å². The maximum absolute atomic E-state index is 6.52. The molecule has 2 heteroatoms. The van der Waals surface area contributed by atoms with Crippen LogP contribution in [0.2, 0.25) is 0 Å². The van der Waals surface area contributed by atoms with Crippen LogP contribution in [0.25, 0.3) is 54.9 Å². The van der Waals surface area contributed by atoms with Crippen LogP contribution < -0.4 is 4.57 Å². The lowest BCUT2D eigenvalue weighted by Crippen LogP contribution is -2.32. The molecule has 4 aromatic carbocycles. The van der Waals surface area contributed by atoms with Gasteiger partial charge in [-0.25, -0.2) is 0 Å². The van der Waals surface area contributed by atoms with Gasteiger partial charge < -0.3 is 4.42 Å². The molecule has 0 bridgehead atoms. The number of furan rings is 1. The smallest absolute Gasteiger partial charge is 0.217 e. The number of aromatic nitrogens is 1. The van der Waals surface area contributed by atoms with Crippen molar-refractivity contribution in [2.75, 3.05) is 0 Å². The Hall–Kier alpha value is -3.65. The third kappa shape index (κ3) is 2.28. The van der Waals surface area contributed by atoms with E-state index in [1.807, 2.05) is 0 Å². The van der Waals surface area contributed by atoms with Crippen LogP contribution in [0.3, 0.4) is 0 Å². The van der Waals surface area contributed by atoms with E-state index in [9.17, 15) is 0 Å². The lowest BCUT2D eigenvalue weighted by Gasteiger charge is -2.09. The lowest BCUT2D eigenvalue weighted by molar-refractivity contribution is -0.633. The van der Waals surface area contributed by atoms with Gasteiger partial charge in [-0.1, -0.05) is 54.6 Å². The van der Waals surface area contributed by atoms with Gasteiger partial charge in [0, 0.05) is 28.3 Å². The number of aryl methyl sites for hydroxylation is 3. The maximum atomic E-state index is 6.52. The Bertz CT molecular complexity index is 1620. The highest BCUT2D eigenvalue weighted by Gasteiger charge is 2.23. The lowest BCUT2D eigenvalue weighted by atomic mass is 9.97. The van der Waals surface area contributed by atoms with Crippen molar-refractivity contribution in [2.45, 2.75) is 13.8 Å². The van der Waals surface area contributed by atoms with E-state index in [2.05, 4.69) is 104 Å². The number of benzene rings is 4. The monoisotopic (exact) mass is 388 g/mol. The van der Waals surface area contributed by atoms with Gasteiger partial charge in [0.15, 0.2) is 0 Å². The number of hydrogen-bond acceptors (Lipinski definition) is 1. The molecule has 0 radical (unpaired) electrons. The highest BCUT2D eigenvalue weighted by molar-refractivity contribution is 6.20. The van der Waals surface area contributed by atoms with E-state index in [-0.39, 0.29) is 0 Å². The summed E-state index contributed by atoms with van der Waals surface area (Å²) >= 11 is 0. The summed E-state index contributed by atoms with van der Waals surface area (Å²) in [6.45, 7) is 4.36. The minimum Gasteiger partial charge on any atom is -0.455 e. The molecule has 2 heterocycles. The summed E-state index contributed by atoms with van der Waals surface area (Å²) < 4.78 is 8.81. The standard InChI is InChI=1S/C28H22NO/c1-17-12-14-22-27-21-10-5-4-8-19(21)13-15-25(27)30-28(22)26(17)24-16-18(2)20-9-6-7-11-23(20)29(24)3/h4-16H,1-3H3/q+1. The van der Waals surface area contributed by atoms with Crippen molar-refractivity contribution in [2.24, 2.45) is 7.05 Å². The van der Waals surface area contributed by atoms with Gasteiger partial charge in [0.05, 0.1) is 5.56 Å². The molecule has 30 heavy (non-hydrogen) atoms. The van der Waals surface area contributed by atoms with Gasteiger partial charge in [-0.3, -0.25) is 0 Å². The zero-order chi connectivity index (χ0) is 20.4. The summed E-state index contributed by atoms with van der Waals surface area (Å²) in [6, 6.07) is 28.1. The van der Waals surface area contributed by atoms with Gasteiger partial charge in [-0.2, -0.15) is 4.57 Å². The minimum absolute atomic E-state index is 0.940. The summed E-state index contributed by atoms with van der Waals surface area (Å²) in [5, 5.41) is 6.13. The van der Waals surface area contributed by atoms with Crippen LogP contribution in [0.1, 0.15) is 11.1 Å². The van der Waals surface area contributed by atoms with E-state index in [0.29, 0.717) is 0 Å². The molecule has 0 aliphatic heterocycles. The molecule has 0 unspecified atom stereocenters. The van der Waals surface area contributed by atoms with Crippen LogP contribution >= 0.6 is 0 Å². The van der Waals surface area contributed by atoms with E-state index in [1.54, 1.807) is 0 Å². The van der Waals surface area contributed by atoms with Crippen molar-refractivity contribution in [1.82, 2.24) is 0 Å². The summed E-state index contributed by atoms with van der Waals surface area (Å²) in [5.41, 5.74) is 7.97. The Kier molecular flexibility index (Phi) is 3.54. The molecule has 0 saturated carbocycles. The Morgan fingerprint density at radius 2 is 1.47 bits per heavy atom. The van der Waals surface area contributed by atoms with E-state index in [0.717, 1.165) is 11.2 Å². The number of rotatable bonds is 1. The largest absolute Gasteiger partial charge is 0.455 e. The van der Waals surface area contributed by atoms with Crippen molar-refractivity contribution in [3.05, 3.63) is 90.0 Å². The fraction of sp³-hybridized carbons (Fsp3) is 0.107. The summed E-state index contributed by atoms with van der Waals surface area (Å²) in [4.78, 5) is 0. The molecule has 6 rings (SSSR count). The van der Waals surface area contributed by atoms with Crippen LogP contribution in [-0.4, -0.2) is 0 Å². The maximum Gasteiger partial charge on any atom is 0.217 e. The Balaban J connectivity index is 1.78.